The van der Waals surface area contributed by atoms with Gasteiger partial charge in [0.05, 0.1) is 16.3 Å². The summed E-state index contributed by atoms with van der Waals surface area (Å²) in [5.41, 5.74) is -1.58. The molecule has 0 saturated heterocycles. The molecule has 0 aliphatic carbocycles. The van der Waals surface area contributed by atoms with Crippen LogP contribution in [-0.4, -0.2) is 24.4 Å². The third-order valence-electron chi connectivity index (χ3n) is 5.21. The summed E-state index contributed by atoms with van der Waals surface area (Å²) >= 11 is 0. The highest BCUT2D eigenvalue weighted by atomic mass is 32.2. The lowest BCUT2D eigenvalue weighted by Gasteiger charge is -2.20. The zero-order valence-corrected chi connectivity index (χ0v) is 18.6. The number of hydrogen-bond acceptors (Lipinski definition) is 5. The van der Waals surface area contributed by atoms with E-state index in [1.807, 2.05) is 42.5 Å². The number of aryl methyl sites for hydroxylation is 1. The lowest BCUT2D eigenvalue weighted by atomic mass is 9.96. The van der Waals surface area contributed by atoms with Gasteiger partial charge < -0.3 is 14.6 Å². The van der Waals surface area contributed by atoms with E-state index in [1.54, 1.807) is 0 Å². The number of aromatic nitrogens is 1. The number of halogens is 3. The van der Waals surface area contributed by atoms with Gasteiger partial charge in [0.1, 0.15) is 18.5 Å². The van der Waals surface area contributed by atoms with E-state index in [-0.39, 0.29) is 5.91 Å². The Labute approximate surface area is 192 Å². The number of para-hydroxylation sites is 1. The second-order valence-electron chi connectivity index (χ2n) is 7.50. The van der Waals surface area contributed by atoms with Crippen LogP contribution >= 0.6 is 0 Å². The third kappa shape index (κ3) is 4.15. The van der Waals surface area contributed by atoms with Gasteiger partial charge in [-0.25, -0.2) is 8.42 Å². The number of pyridine rings is 1. The van der Waals surface area contributed by atoms with Gasteiger partial charge in [0.15, 0.2) is 10.1 Å². The molecule has 0 bridgehead atoms. The first-order valence-electron chi connectivity index (χ1n) is 9.84. The summed E-state index contributed by atoms with van der Waals surface area (Å²) in [6.07, 6.45) is 0. The summed E-state index contributed by atoms with van der Waals surface area (Å²) in [7, 11) is -4.03. The molecule has 0 fully saturated rings. The van der Waals surface area contributed by atoms with Crippen LogP contribution in [0.25, 0.3) is 32.9 Å². The van der Waals surface area contributed by atoms with E-state index in [4.69, 9.17) is 17.7 Å². The summed E-state index contributed by atoms with van der Waals surface area (Å²) in [6.45, 7) is 1.52. The minimum absolute atomic E-state index is 0.0739. The van der Waals surface area contributed by atoms with Crippen LogP contribution in [0.3, 0.4) is 0 Å². The van der Waals surface area contributed by atoms with Gasteiger partial charge in [-0.2, -0.15) is 17.7 Å². The molecular formula is C23H17F3N2O5S. The van der Waals surface area contributed by atoms with Gasteiger partial charge in [0.25, 0.3) is 0 Å². The maximum atomic E-state index is 11.5. The number of nitrogens with zero attached hydrogens (tertiary/aromatic N) is 1. The summed E-state index contributed by atoms with van der Waals surface area (Å²) in [6, 6.07) is 20.3. The van der Waals surface area contributed by atoms with Gasteiger partial charge in [-0.15, -0.1) is 0 Å². The van der Waals surface area contributed by atoms with Crippen molar-refractivity contribution in [1.82, 2.24) is 0 Å². The molecule has 5 rings (SSSR count). The van der Waals surface area contributed by atoms with Gasteiger partial charge in [-0.3, -0.25) is 4.79 Å². The Hall–Kier alpha value is -3.70. The van der Waals surface area contributed by atoms with Crippen molar-refractivity contribution in [3.8, 4) is 22.8 Å². The number of anilines is 1. The smallest absolute Gasteiger partial charge is 0.485 e. The van der Waals surface area contributed by atoms with Gasteiger partial charge in [0, 0.05) is 24.1 Å². The first kappa shape index (κ1) is 23.5. The number of rotatable bonds is 1. The van der Waals surface area contributed by atoms with Crippen molar-refractivity contribution in [2.24, 2.45) is 7.05 Å². The van der Waals surface area contributed by atoms with E-state index in [9.17, 15) is 18.0 Å². The van der Waals surface area contributed by atoms with Crippen molar-refractivity contribution in [3.63, 3.8) is 0 Å². The van der Waals surface area contributed by atoms with Crippen LogP contribution in [0.15, 0.2) is 60.7 Å². The fraction of sp³-hybridized carbons (Fsp3) is 0.130. The predicted molar refractivity (Wildman–Crippen MR) is 118 cm³/mol. The van der Waals surface area contributed by atoms with Gasteiger partial charge in [0.2, 0.25) is 17.1 Å². The monoisotopic (exact) mass is 490 g/mol. The molecule has 7 nitrogen and oxygen atoms in total. The fourth-order valence-electron chi connectivity index (χ4n) is 3.88. The lowest BCUT2D eigenvalue weighted by molar-refractivity contribution is -0.632. The number of hydrogen-bond donors (Lipinski definition) is 1. The molecule has 0 spiro atoms. The van der Waals surface area contributed by atoms with Crippen molar-refractivity contribution in [1.29, 1.82) is 0 Å². The highest BCUT2D eigenvalue weighted by Crippen LogP contribution is 2.46. The molecular weight excluding hydrogens is 473 g/mol. The molecule has 2 heterocycles. The topological polar surface area (TPSA) is 99.4 Å². The second kappa shape index (κ2) is 8.26. The molecule has 4 aromatic rings. The fourth-order valence-corrected chi connectivity index (χ4v) is 3.88. The van der Waals surface area contributed by atoms with Crippen molar-refractivity contribution in [2.75, 3.05) is 5.32 Å². The van der Waals surface area contributed by atoms with Gasteiger partial charge in [-0.05, 0) is 30.3 Å². The number of amides is 1. The molecule has 0 saturated carbocycles. The maximum absolute atomic E-state index is 11.5. The molecule has 1 amide bonds. The molecule has 34 heavy (non-hydrogen) atoms. The van der Waals surface area contributed by atoms with E-state index < -0.39 is 15.6 Å². The Morgan fingerprint density at radius 2 is 1.65 bits per heavy atom. The maximum Gasteiger partial charge on any atom is 0.485 e. The molecule has 3 aromatic carbocycles. The Morgan fingerprint density at radius 3 is 2.29 bits per heavy atom. The van der Waals surface area contributed by atoms with E-state index in [1.165, 1.54) is 6.92 Å². The second-order valence-corrected chi connectivity index (χ2v) is 8.87. The van der Waals surface area contributed by atoms with Crippen LogP contribution in [0.1, 0.15) is 6.92 Å². The number of ether oxygens (including phenoxy) is 1. The average molecular weight is 490 g/mol. The SMILES string of the molecule is CC(=O)Nc1ccc2c3cccc4c3c([n+](C)c2c1)-c1ccccc1O4.O=S(=O)([O-])C(F)(F)F. The summed E-state index contributed by atoms with van der Waals surface area (Å²) in [5, 5.41) is 6.27. The first-order chi connectivity index (χ1) is 15.9. The van der Waals surface area contributed by atoms with E-state index >= 15 is 0 Å². The third-order valence-corrected chi connectivity index (χ3v) is 5.78. The highest BCUT2D eigenvalue weighted by molar-refractivity contribution is 7.86. The van der Waals surface area contributed by atoms with Crippen LogP contribution in [0.4, 0.5) is 18.9 Å². The van der Waals surface area contributed by atoms with E-state index in [0.717, 1.165) is 50.1 Å². The Kier molecular flexibility index (Phi) is 5.70. The lowest BCUT2D eigenvalue weighted by Crippen LogP contribution is -2.33. The van der Waals surface area contributed by atoms with Crippen molar-refractivity contribution in [3.05, 3.63) is 60.7 Å². The van der Waals surface area contributed by atoms with Crippen LogP contribution in [-0.2, 0) is 22.0 Å². The van der Waals surface area contributed by atoms with E-state index in [0.29, 0.717) is 0 Å². The van der Waals surface area contributed by atoms with E-state index in [2.05, 4.69) is 35.1 Å². The van der Waals surface area contributed by atoms with Crippen molar-refractivity contribution < 1.29 is 40.2 Å². The zero-order valence-electron chi connectivity index (χ0n) is 17.8. The number of benzene rings is 3. The highest BCUT2D eigenvalue weighted by Gasteiger charge is 2.37. The summed E-state index contributed by atoms with van der Waals surface area (Å²) < 4.78 is 67.3. The Balaban J connectivity index is 0.000000297. The molecule has 1 aromatic heterocycles. The molecule has 0 atom stereocenters. The minimum atomic E-state index is -6.09. The first-order valence-corrected chi connectivity index (χ1v) is 11.2. The summed E-state index contributed by atoms with van der Waals surface area (Å²) in [5.74, 6) is 1.66. The number of carbonyl (C=O) groups excluding carboxylic acids is 1. The molecule has 176 valence electrons. The number of fused-ring (bicyclic) bond motifs is 4. The normalized spacial score (nSPS) is 12.4. The standard InChI is InChI=1S/C22H16N2O2.CHF3O3S/c1-13(25)23-14-10-11-15-16-7-5-9-20-21(16)22(24(2)18(15)12-14)17-6-3-4-8-19(17)26-20;2-1(3,4)8(5,6)7/h3-12H,1-2H3;(H,5,6,7). The largest absolute Gasteiger partial charge is 0.741 e. The molecule has 0 radical (unpaired) electrons. The van der Waals surface area contributed by atoms with Crippen molar-refractivity contribution in [2.45, 2.75) is 12.4 Å². The molecule has 1 aliphatic rings. The zero-order chi connectivity index (χ0) is 24.8. The Morgan fingerprint density at radius 1 is 1.00 bits per heavy atom. The molecule has 1 aliphatic heterocycles. The predicted octanol–water partition coefficient (Wildman–Crippen LogP) is 4.60. The molecule has 1 N–H and O–H groups in total. The number of nitrogens with one attached hydrogen (secondary N) is 1. The quantitative estimate of drug-likeness (QED) is 0.160. The Bertz CT molecular complexity index is 1570. The number of alkyl halides is 3. The van der Waals surface area contributed by atoms with Crippen LogP contribution in [0.2, 0.25) is 0 Å². The molecule has 11 heteroatoms. The average Bonchev–Trinajstić information content (AvgIpc) is 2.75. The van der Waals surface area contributed by atoms with Crippen LogP contribution in [0.5, 0.6) is 11.5 Å². The number of carbonyl (C=O) groups is 1. The van der Waals surface area contributed by atoms with Gasteiger partial charge in [-0.1, -0.05) is 24.3 Å². The van der Waals surface area contributed by atoms with Crippen LogP contribution in [0, 0.1) is 0 Å². The van der Waals surface area contributed by atoms with Gasteiger partial charge >= 0.3 is 5.51 Å². The van der Waals surface area contributed by atoms with Crippen molar-refractivity contribution >= 4 is 43.4 Å². The van der Waals surface area contributed by atoms with Crippen LogP contribution < -0.4 is 14.6 Å². The molecule has 0 unspecified atom stereocenters. The minimum Gasteiger partial charge on any atom is -0.741 e. The summed E-state index contributed by atoms with van der Waals surface area (Å²) in [4.78, 5) is 11.5.